The van der Waals surface area contributed by atoms with E-state index in [4.69, 9.17) is 5.11 Å². The first kappa shape index (κ1) is 16.1. The molecule has 0 fully saturated rings. The molecule has 3 rings (SSSR count). The second kappa shape index (κ2) is 6.41. The Morgan fingerprint density at radius 1 is 1.25 bits per heavy atom. The van der Waals surface area contributed by atoms with E-state index in [1.165, 1.54) is 24.3 Å². The highest BCUT2D eigenvalue weighted by molar-refractivity contribution is 5.98. The molecule has 0 saturated heterocycles. The molecule has 1 unspecified atom stereocenters. The van der Waals surface area contributed by atoms with Crippen LogP contribution in [0, 0.1) is 11.6 Å². The molecular formula is C18H16F2N2O2. The standard InChI is InChI=1S/C18H16F2N2O2/c1-10(9-23)22-18(24)14-4-2-11(6-16(14)20)15-8-21-17-7-12(19)3-5-13(15)17/h2-8,10,21,23H,9H2,1H3,(H,22,24). The molecular weight excluding hydrogens is 314 g/mol. The summed E-state index contributed by atoms with van der Waals surface area (Å²) >= 11 is 0. The van der Waals surface area contributed by atoms with Crippen molar-refractivity contribution in [1.29, 1.82) is 0 Å². The van der Waals surface area contributed by atoms with Crippen LogP contribution < -0.4 is 5.32 Å². The lowest BCUT2D eigenvalue weighted by Gasteiger charge is -2.11. The Morgan fingerprint density at radius 3 is 2.75 bits per heavy atom. The van der Waals surface area contributed by atoms with Gasteiger partial charge < -0.3 is 15.4 Å². The van der Waals surface area contributed by atoms with Crippen LogP contribution in [0.1, 0.15) is 17.3 Å². The predicted octanol–water partition coefficient (Wildman–Crippen LogP) is 3.22. The van der Waals surface area contributed by atoms with Crippen molar-refractivity contribution in [3.63, 3.8) is 0 Å². The molecule has 0 radical (unpaired) electrons. The van der Waals surface area contributed by atoms with Gasteiger partial charge in [-0.3, -0.25) is 4.79 Å². The minimum absolute atomic E-state index is 0.0927. The highest BCUT2D eigenvalue weighted by Gasteiger charge is 2.16. The molecule has 0 aliphatic heterocycles. The van der Waals surface area contributed by atoms with Crippen molar-refractivity contribution in [3.8, 4) is 11.1 Å². The lowest BCUT2D eigenvalue weighted by Crippen LogP contribution is -2.35. The first-order chi connectivity index (χ1) is 11.5. The first-order valence-electron chi connectivity index (χ1n) is 7.48. The van der Waals surface area contributed by atoms with E-state index in [0.717, 1.165) is 10.9 Å². The summed E-state index contributed by atoms with van der Waals surface area (Å²) < 4.78 is 27.6. The quantitative estimate of drug-likeness (QED) is 0.688. The van der Waals surface area contributed by atoms with E-state index < -0.39 is 17.8 Å². The Morgan fingerprint density at radius 2 is 2.04 bits per heavy atom. The fraction of sp³-hybridized carbons (Fsp3) is 0.167. The number of nitrogens with one attached hydrogen (secondary N) is 2. The zero-order chi connectivity index (χ0) is 17.3. The number of carbonyl (C=O) groups excluding carboxylic acids is 1. The monoisotopic (exact) mass is 330 g/mol. The van der Waals surface area contributed by atoms with Gasteiger partial charge in [0.1, 0.15) is 11.6 Å². The van der Waals surface area contributed by atoms with Gasteiger partial charge in [-0.15, -0.1) is 0 Å². The van der Waals surface area contributed by atoms with Crippen molar-refractivity contribution in [2.24, 2.45) is 0 Å². The van der Waals surface area contributed by atoms with Gasteiger partial charge in [0.25, 0.3) is 5.91 Å². The number of H-pyrrole nitrogens is 1. The predicted molar refractivity (Wildman–Crippen MR) is 87.7 cm³/mol. The summed E-state index contributed by atoms with van der Waals surface area (Å²) in [6.45, 7) is 1.40. The lowest BCUT2D eigenvalue weighted by molar-refractivity contribution is 0.0918. The van der Waals surface area contributed by atoms with Crippen LogP contribution >= 0.6 is 0 Å². The number of hydrogen-bond donors (Lipinski definition) is 3. The van der Waals surface area contributed by atoms with Gasteiger partial charge in [0.15, 0.2) is 0 Å². The van der Waals surface area contributed by atoms with Crippen LogP contribution in [0.25, 0.3) is 22.0 Å². The van der Waals surface area contributed by atoms with Gasteiger partial charge in [-0.1, -0.05) is 6.07 Å². The zero-order valence-corrected chi connectivity index (χ0v) is 12.9. The highest BCUT2D eigenvalue weighted by Crippen LogP contribution is 2.30. The molecule has 3 aromatic rings. The molecule has 2 aromatic carbocycles. The molecule has 0 aliphatic carbocycles. The van der Waals surface area contributed by atoms with Crippen molar-refractivity contribution >= 4 is 16.8 Å². The van der Waals surface area contributed by atoms with E-state index in [1.54, 1.807) is 25.3 Å². The molecule has 0 saturated carbocycles. The number of aliphatic hydroxyl groups is 1. The molecule has 1 heterocycles. The number of benzene rings is 2. The topological polar surface area (TPSA) is 65.1 Å². The van der Waals surface area contributed by atoms with Gasteiger partial charge >= 0.3 is 0 Å². The summed E-state index contributed by atoms with van der Waals surface area (Å²) in [5.41, 5.74) is 1.82. The van der Waals surface area contributed by atoms with E-state index in [0.29, 0.717) is 11.1 Å². The normalized spacial score (nSPS) is 12.3. The van der Waals surface area contributed by atoms with Crippen LogP contribution in [0.2, 0.25) is 0 Å². The number of fused-ring (bicyclic) bond motifs is 1. The second-order valence-electron chi connectivity index (χ2n) is 5.64. The van der Waals surface area contributed by atoms with Gasteiger partial charge in [-0.05, 0) is 42.8 Å². The van der Waals surface area contributed by atoms with Crippen LogP contribution in [0.3, 0.4) is 0 Å². The van der Waals surface area contributed by atoms with Gasteiger partial charge in [0, 0.05) is 28.7 Å². The molecule has 0 bridgehead atoms. The van der Waals surface area contributed by atoms with Crippen LogP contribution in [0.15, 0.2) is 42.6 Å². The lowest BCUT2D eigenvalue weighted by atomic mass is 10.0. The smallest absolute Gasteiger partial charge is 0.254 e. The average molecular weight is 330 g/mol. The van der Waals surface area contributed by atoms with Crippen LogP contribution in [0.5, 0.6) is 0 Å². The van der Waals surface area contributed by atoms with E-state index in [9.17, 15) is 13.6 Å². The van der Waals surface area contributed by atoms with Crippen LogP contribution in [-0.4, -0.2) is 28.6 Å². The van der Waals surface area contributed by atoms with Gasteiger partial charge in [0.2, 0.25) is 0 Å². The maximum absolute atomic E-state index is 14.3. The minimum Gasteiger partial charge on any atom is -0.394 e. The van der Waals surface area contributed by atoms with Crippen LogP contribution in [-0.2, 0) is 0 Å². The van der Waals surface area contributed by atoms with Gasteiger partial charge in [-0.2, -0.15) is 0 Å². The molecule has 124 valence electrons. The Balaban J connectivity index is 1.95. The van der Waals surface area contributed by atoms with Crippen molar-refractivity contribution in [2.45, 2.75) is 13.0 Å². The van der Waals surface area contributed by atoms with Crippen molar-refractivity contribution in [2.75, 3.05) is 6.61 Å². The first-order valence-corrected chi connectivity index (χ1v) is 7.48. The Labute approximate surface area is 137 Å². The molecule has 24 heavy (non-hydrogen) atoms. The summed E-state index contributed by atoms with van der Waals surface area (Å²) in [6, 6.07) is 8.17. The summed E-state index contributed by atoms with van der Waals surface area (Å²) in [5.74, 6) is -1.60. The number of carbonyl (C=O) groups is 1. The molecule has 3 N–H and O–H groups in total. The van der Waals surface area contributed by atoms with Crippen molar-refractivity contribution in [1.82, 2.24) is 10.3 Å². The molecule has 0 aliphatic rings. The fourth-order valence-corrected chi connectivity index (χ4v) is 2.55. The number of aromatic nitrogens is 1. The number of hydrogen-bond acceptors (Lipinski definition) is 2. The third-order valence-electron chi connectivity index (χ3n) is 3.82. The molecule has 0 spiro atoms. The number of halogens is 2. The molecule has 1 amide bonds. The number of aromatic amines is 1. The van der Waals surface area contributed by atoms with Crippen LogP contribution in [0.4, 0.5) is 8.78 Å². The molecule has 1 aromatic heterocycles. The Hall–Kier alpha value is -2.73. The van der Waals surface area contributed by atoms with E-state index in [1.807, 2.05) is 0 Å². The highest BCUT2D eigenvalue weighted by atomic mass is 19.1. The van der Waals surface area contributed by atoms with E-state index in [-0.39, 0.29) is 18.0 Å². The zero-order valence-electron chi connectivity index (χ0n) is 12.9. The summed E-state index contributed by atoms with van der Waals surface area (Å²) in [5, 5.41) is 12.2. The van der Waals surface area contributed by atoms with Crippen molar-refractivity contribution < 1.29 is 18.7 Å². The minimum atomic E-state index is -0.661. The third kappa shape index (κ3) is 3.00. The summed E-state index contributed by atoms with van der Waals surface area (Å²) in [4.78, 5) is 14.9. The Kier molecular flexibility index (Phi) is 4.31. The Bertz CT molecular complexity index is 905. The van der Waals surface area contributed by atoms with E-state index in [2.05, 4.69) is 10.3 Å². The SMILES string of the molecule is CC(CO)NC(=O)c1ccc(-c2c[nH]c3cc(F)ccc23)cc1F. The van der Waals surface area contributed by atoms with Gasteiger partial charge in [-0.25, -0.2) is 8.78 Å². The molecule has 1 atom stereocenters. The number of amides is 1. The van der Waals surface area contributed by atoms with E-state index >= 15 is 0 Å². The maximum Gasteiger partial charge on any atom is 0.254 e. The second-order valence-corrected chi connectivity index (χ2v) is 5.64. The third-order valence-corrected chi connectivity index (χ3v) is 3.82. The number of aliphatic hydroxyl groups excluding tert-OH is 1. The fourth-order valence-electron chi connectivity index (χ4n) is 2.55. The summed E-state index contributed by atoms with van der Waals surface area (Å²) in [7, 11) is 0. The molecule has 4 nitrogen and oxygen atoms in total. The average Bonchev–Trinajstić information content (AvgIpc) is 2.97. The summed E-state index contributed by atoms with van der Waals surface area (Å²) in [6.07, 6.45) is 1.67. The largest absolute Gasteiger partial charge is 0.394 e. The van der Waals surface area contributed by atoms with Crippen molar-refractivity contribution in [3.05, 3.63) is 59.8 Å². The number of rotatable bonds is 4. The maximum atomic E-state index is 14.3. The molecule has 6 heteroatoms. The van der Waals surface area contributed by atoms with Gasteiger partial charge in [0.05, 0.1) is 12.2 Å².